The van der Waals surface area contributed by atoms with Crippen molar-refractivity contribution in [1.29, 1.82) is 0 Å². The molecule has 0 aromatic heterocycles. The van der Waals surface area contributed by atoms with Crippen LogP contribution in [0.3, 0.4) is 0 Å². The van der Waals surface area contributed by atoms with E-state index in [2.05, 4.69) is 59.1 Å². The maximum absolute atomic E-state index is 4.06. The molecule has 0 aliphatic carbocycles. The second kappa shape index (κ2) is 15.8. The van der Waals surface area contributed by atoms with Gasteiger partial charge in [0, 0.05) is 0 Å². The molecule has 0 aliphatic heterocycles. The molecule has 116 valence electrons. The lowest BCUT2D eigenvalue weighted by Gasteiger charge is -2.05. The number of hydrogen-bond donors (Lipinski definition) is 0. The number of rotatable bonds is 4. The van der Waals surface area contributed by atoms with E-state index in [4.69, 9.17) is 0 Å². The first-order valence-corrected chi connectivity index (χ1v) is 7.54. The van der Waals surface area contributed by atoms with E-state index < -0.39 is 0 Å². The summed E-state index contributed by atoms with van der Waals surface area (Å²) in [6, 6.07) is 0. The molecule has 0 atom stereocenters. The van der Waals surface area contributed by atoms with Crippen molar-refractivity contribution in [3.8, 4) is 0 Å². The van der Waals surface area contributed by atoms with Crippen molar-refractivity contribution < 1.29 is 0 Å². The van der Waals surface area contributed by atoms with Crippen LogP contribution >= 0.6 is 0 Å². The van der Waals surface area contributed by atoms with Gasteiger partial charge in [-0.3, -0.25) is 0 Å². The molecule has 0 N–H and O–H groups in total. The predicted octanol–water partition coefficient (Wildman–Crippen LogP) is 7.42. The van der Waals surface area contributed by atoms with Crippen LogP contribution in [-0.4, -0.2) is 0 Å². The molecule has 0 nitrogen and oxygen atoms in total. The molecule has 0 bridgehead atoms. The van der Waals surface area contributed by atoms with Crippen LogP contribution in [0, 0.1) is 0 Å². The Bertz CT molecular complexity index is 355. The molecule has 0 rings (SSSR count). The summed E-state index contributed by atoms with van der Waals surface area (Å²) in [6.45, 7) is 26.2. The Kier molecular flexibility index (Phi) is 18.7. The summed E-state index contributed by atoms with van der Waals surface area (Å²) in [5.74, 6) is 0. The van der Waals surface area contributed by atoms with Crippen LogP contribution in [0.4, 0.5) is 0 Å². The van der Waals surface area contributed by atoms with Crippen LogP contribution in [0.15, 0.2) is 59.3 Å². The van der Waals surface area contributed by atoms with Gasteiger partial charge in [0.2, 0.25) is 0 Å². The van der Waals surface area contributed by atoms with Crippen molar-refractivity contribution >= 4 is 0 Å². The lowest BCUT2D eigenvalue weighted by atomic mass is 10.0. The Balaban J connectivity index is -0.000000410. The fourth-order valence-corrected chi connectivity index (χ4v) is 0.993. The van der Waals surface area contributed by atoms with Gasteiger partial charge in [0.1, 0.15) is 0 Å². The minimum Gasteiger partial charge on any atom is -0.100 e. The maximum Gasteiger partial charge on any atom is -0.0300 e. The summed E-state index contributed by atoms with van der Waals surface area (Å²) in [5, 5.41) is 0. The van der Waals surface area contributed by atoms with Crippen LogP contribution in [-0.2, 0) is 0 Å². The van der Waals surface area contributed by atoms with Crippen molar-refractivity contribution in [2.45, 2.75) is 68.7 Å². The quantitative estimate of drug-likeness (QED) is 0.370. The standard InChI is InChI=1S/C14H22.C4H8.C2H6/c1-7-11(3)9-10-13(5)14(6)12(4)8-2;1-4(2)3;1-2/h7,9-10H,5,8H2,1-4,6H3;1H2,2-3H3;1-2H3/b10-9-,11-7-,14-12-;;. The summed E-state index contributed by atoms with van der Waals surface area (Å²) >= 11 is 0. The van der Waals surface area contributed by atoms with E-state index in [1.165, 1.54) is 22.3 Å². The van der Waals surface area contributed by atoms with Gasteiger partial charge in [-0.2, -0.15) is 0 Å². The van der Waals surface area contributed by atoms with E-state index in [9.17, 15) is 0 Å². The van der Waals surface area contributed by atoms with Crippen LogP contribution in [0.1, 0.15) is 68.7 Å². The molecule has 0 saturated carbocycles. The van der Waals surface area contributed by atoms with Crippen molar-refractivity contribution in [2.24, 2.45) is 0 Å². The highest BCUT2D eigenvalue weighted by atomic mass is 14.0. The van der Waals surface area contributed by atoms with Gasteiger partial charge in [-0.05, 0) is 59.1 Å². The third-order valence-electron chi connectivity index (χ3n) is 2.65. The number of allylic oxidation sites excluding steroid dienone is 8. The Morgan fingerprint density at radius 2 is 1.30 bits per heavy atom. The van der Waals surface area contributed by atoms with Crippen molar-refractivity contribution in [1.82, 2.24) is 0 Å². The lowest BCUT2D eigenvalue weighted by molar-refractivity contribution is 1.06. The molecule has 0 aromatic rings. The highest BCUT2D eigenvalue weighted by Gasteiger charge is 1.96. The van der Waals surface area contributed by atoms with E-state index in [-0.39, 0.29) is 0 Å². The van der Waals surface area contributed by atoms with Gasteiger partial charge in [-0.1, -0.05) is 62.3 Å². The van der Waals surface area contributed by atoms with E-state index in [0.717, 1.165) is 12.0 Å². The van der Waals surface area contributed by atoms with E-state index in [0.29, 0.717) is 0 Å². The predicted molar refractivity (Wildman–Crippen MR) is 98.2 cm³/mol. The Morgan fingerprint density at radius 3 is 1.60 bits per heavy atom. The zero-order valence-electron chi connectivity index (χ0n) is 15.4. The smallest absolute Gasteiger partial charge is 0.0300 e. The molecule has 0 heterocycles. The van der Waals surface area contributed by atoms with Gasteiger partial charge in [-0.25, -0.2) is 0 Å². The minimum absolute atomic E-state index is 1.10. The third-order valence-corrected chi connectivity index (χ3v) is 2.65. The van der Waals surface area contributed by atoms with Crippen LogP contribution in [0.25, 0.3) is 0 Å². The van der Waals surface area contributed by atoms with Crippen LogP contribution in [0.5, 0.6) is 0 Å². The molecule has 0 aromatic carbocycles. The minimum atomic E-state index is 1.10. The largest absolute Gasteiger partial charge is 0.100 e. The Labute approximate surface area is 128 Å². The highest BCUT2D eigenvalue weighted by molar-refractivity contribution is 5.40. The summed E-state index contributed by atoms with van der Waals surface area (Å²) in [5.41, 5.74) is 6.28. The van der Waals surface area contributed by atoms with Gasteiger partial charge >= 0.3 is 0 Å². The van der Waals surface area contributed by atoms with E-state index >= 15 is 0 Å². The lowest BCUT2D eigenvalue weighted by Crippen LogP contribution is -1.85. The van der Waals surface area contributed by atoms with E-state index in [1.807, 2.05) is 34.6 Å². The molecule has 0 radical (unpaired) electrons. The van der Waals surface area contributed by atoms with Gasteiger partial charge in [0.05, 0.1) is 0 Å². The topological polar surface area (TPSA) is 0 Å². The Hall–Kier alpha value is -1.30. The summed E-state index contributed by atoms with van der Waals surface area (Å²) in [6.07, 6.45) is 7.38. The first-order valence-electron chi connectivity index (χ1n) is 7.54. The zero-order chi connectivity index (χ0) is 16.7. The first-order chi connectivity index (χ1) is 9.26. The fraction of sp³-hybridized carbons (Fsp3) is 0.500. The molecule has 0 spiro atoms. The van der Waals surface area contributed by atoms with E-state index in [1.54, 1.807) is 0 Å². The summed E-state index contributed by atoms with van der Waals surface area (Å²) in [7, 11) is 0. The fourth-order valence-electron chi connectivity index (χ4n) is 0.993. The SMILES string of the molecule is C=C(/C=C\C(C)=C/C)/C(C)=C(/C)CC.C=C(C)C.CC. The zero-order valence-corrected chi connectivity index (χ0v) is 15.4. The first kappa shape index (κ1) is 23.8. The Morgan fingerprint density at radius 1 is 0.900 bits per heavy atom. The van der Waals surface area contributed by atoms with Crippen molar-refractivity contribution in [3.05, 3.63) is 59.3 Å². The summed E-state index contributed by atoms with van der Waals surface area (Å²) < 4.78 is 0. The average molecular weight is 277 g/mol. The molecule has 0 heteroatoms. The van der Waals surface area contributed by atoms with Gasteiger partial charge in [0.25, 0.3) is 0 Å². The molecule has 0 saturated heterocycles. The monoisotopic (exact) mass is 276 g/mol. The number of hydrogen-bond acceptors (Lipinski definition) is 0. The van der Waals surface area contributed by atoms with Crippen molar-refractivity contribution in [2.75, 3.05) is 0 Å². The molecule has 0 amide bonds. The van der Waals surface area contributed by atoms with Gasteiger partial charge in [-0.15, -0.1) is 6.58 Å². The third kappa shape index (κ3) is 16.7. The summed E-state index contributed by atoms with van der Waals surface area (Å²) in [4.78, 5) is 0. The molecular formula is C20H36. The second-order valence-corrected chi connectivity index (χ2v) is 4.86. The second-order valence-electron chi connectivity index (χ2n) is 4.86. The van der Waals surface area contributed by atoms with Crippen LogP contribution < -0.4 is 0 Å². The maximum atomic E-state index is 4.06. The van der Waals surface area contributed by atoms with Crippen molar-refractivity contribution in [3.63, 3.8) is 0 Å². The average Bonchev–Trinajstić information content (AvgIpc) is 2.44. The van der Waals surface area contributed by atoms with Gasteiger partial charge in [0.15, 0.2) is 0 Å². The highest BCUT2D eigenvalue weighted by Crippen LogP contribution is 2.16. The molecule has 0 unspecified atom stereocenters. The van der Waals surface area contributed by atoms with Crippen LogP contribution in [0.2, 0.25) is 0 Å². The molecule has 0 fully saturated rings. The normalized spacial score (nSPS) is 11.8. The van der Waals surface area contributed by atoms with Gasteiger partial charge < -0.3 is 0 Å². The molecular weight excluding hydrogens is 240 g/mol. The molecule has 0 aliphatic rings. The molecule has 20 heavy (non-hydrogen) atoms.